The predicted octanol–water partition coefficient (Wildman–Crippen LogP) is 3.61. The van der Waals surface area contributed by atoms with Gasteiger partial charge in [0, 0.05) is 36.4 Å². The number of aromatic nitrogens is 2. The third kappa shape index (κ3) is 5.99. The summed E-state index contributed by atoms with van der Waals surface area (Å²) in [6.07, 6.45) is 2.74. The molecule has 0 fully saturated rings. The largest absolute Gasteiger partial charge is 0.480 e. The highest BCUT2D eigenvalue weighted by Gasteiger charge is 2.30. The first kappa shape index (κ1) is 20.8. The molecule has 0 spiro atoms. The Morgan fingerprint density at radius 1 is 1.30 bits per heavy atom. The molecule has 8 heteroatoms. The summed E-state index contributed by atoms with van der Waals surface area (Å²) < 4.78 is 1.91. The lowest BCUT2D eigenvalue weighted by molar-refractivity contribution is -0.143. The smallest absolute Gasteiger partial charge is 0.408 e. The maximum Gasteiger partial charge on any atom is 0.408 e. The van der Waals surface area contributed by atoms with Crippen LogP contribution in [-0.4, -0.2) is 49.3 Å². The Labute approximate surface area is 163 Å². The quantitative estimate of drug-likeness (QED) is 0.678. The van der Waals surface area contributed by atoms with Crippen LogP contribution in [0.25, 0.3) is 0 Å². The lowest BCUT2D eigenvalue weighted by atomic mass is 10.0. The normalized spacial score (nSPS) is 12.1. The summed E-state index contributed by atoms with van der Waals surface area (Å²) in [4.78, 5) is 28.3. The van der Waals surface area contributed by atoms with E-state index in [1.165, 1.54) is 0 Å². The molecule has 2 rings (SSSR count). The molecule has 0 aliphatic carbocycles. The standard InChI is InChI=1S/C19H24ClN3O4/c1-13(2)8-17(18(24)25)23(19(26)27)7-6-16-10-21-12-22(16)11-14-4-3-5-15(20)9-14/h3-5,9-10,12-13,17H,6-8,11H2,1-2H3,(H,24,25)(H,26,27). The van der Waals surface area contributed by atoms with Crippen LogP contribution >= 0.6 is 11.6 Å². The second-order valence-corrected chi connectivity index (χ2v) is 7.29. The van der Waals surface area contributed by atoms with E-state index in [4.69, 9.17) is 11.6 Å². The molecule has 146 valence electrons. The SMILES string of the molecule is CC(C)CC(C(=O)O)N(CCc1cncn1Cc1cccc(Cl)c1)C(=O)O. The van der Waals surface area contributed by atoms with Crippen molar-refractivity contribution in [3.63, 3.8) is 0 Å². The van der Waals surface area contributed by atoms with Gasteiger partial charge >= 0.3 is 12.1 Å². The van der Waals surface area contributed by atoms with Crippen molar-refractivity contribution in [1.82, 2.24) is 14.5 Å². The van der Waals surface area contributed by atoms with E-state index in [1.54, 1.807) is 18.6 Å². The fraction of sp³-hybridized carbons (Fsp3) is 0.421. The number of hydrogen-bond donors (Lipinski definition) is 2. The molecule has 1 amide bonds. The van der Waals surface area contributed by atoms with Gasteiger partial charge in [-0.25, -0.2) is 14.6 Å². The van der Waals surface area contributed by atoms with E-state index >= 15 is 0 Å². The Kier molecular flexibility index (Phi) is 7.24. The van der Waals surface area contributed by atoms with E-state index in [9.17, 15) is 19.8 Å². The zero-order valence-corrected chi connectivity index (χ0v) is 16.1. The molecule has 27 heavy (non-hydrogen) atoms. The minimum Gasteiger partial charge on any atom is -0.480 e. The lowest BCUT2D eigenvalue weighted by Crippen LogP contribution is -2.46. The first-order valence-electron chi connectivity index (χ1n) is 8.73. The molecule has 0 radical (unpaired) electrons. The van der Waals surface area contributed by atoms with Gasteiger partial charge in [-0.2, -0.15) is 0 Å². The second kappa shape index (κ2) is 9.41. The van der Waals surface area contributed by atoms with Gasteiger partial charge in [-0.15, -0.1) is 0 Å². The first-order chi connectivity index (χ1) is 12.8. The van der Waals surface area contributed by atoms with Crippen molar-refractivity contribution in [2.75, 3.05) is 6.54 Å². The molecule has 7 nitrogen and oxygen atoms in total. The van der Waals surface area contributed by atoms with Crippen LogP contribution in [0.2, 0.25) is 5.02 Å². The zero-order chi connectivity index (χ0) is 20.0. The number of carboxylic acid groups (broad SMARTS) is 2. The van der Waals surface area contributed by atoms with E-state index in [2.05, 4.69) is 4.98 Å². The molecule has 1 unspecified atom stereocenters. The molecule has 1 aromatic carbocycles. The molecular weight excluding hydrogens is 370 g/mol. The van der Waals surface area contributed by atoms with Gasteiger partial charge in [-0.05, 0) is 30.0 Å². The van der Waals surface area contributed by atoms with Crippen LogP contribution in [0.15, 0.2) is 36.8 Å². The molecule has 0 saturated heterocycles. The van der Waals surface area contributed by atoms with Gasteiger partial charge in [0.05, 0.1) is 6.33 Å². The molecule has 2 aromatic rings. The summed E-state index contributed by atoms with van der Waals surface area (Å²) >= 11 is 6.02. The van der Waals surface area contributed by atoms with E-state index in [0.717, 1.165) is 16.2 Å². The Morgan fingerprint density at radius 2 is 2.04 bits per heavy atom. The van der Waals surface area contributed by atoms with Crippen molar-refractivity contribution in [2.45, 2.75) is 39.3 Å². The van der Waals surface area contributed by atoms with Crippen LogP contribution in [0.4, 0.5) is 4.79 Å². The summed E-state index contributed by atoms with van der Waals surface area (Å²) in [6, 6.07) is 6.40. The summed E-state index contributed by atoms with van der Waals surface area (Å²) in [5, 5.41) is 19.6. The van der Waals surface area contributed by atoms with E-state index < -0.39 is 18.1 Å². The maximum absolute atomic E-state index is 11.6. The minimum atomic E-state index is -1.23. The van der Waals surface area contributed by atoms with Gasteiger partial charge in [0.25, 0.3) is 0 Å². The number of imidazole rings is 1. The van der Waals surface area contributed by atoms with Crippen LogP contribution in [0, 0.1) is 5.92 Å². The molecule has 0 aliphatic rings. The third-order valence-electron chi connectivity index (χ3n) is 4.25. The number of carbonyl (C=O) groups is 2. The Hall–Kier alpha value is -2.54. The molecule has 1 heterocycles. The monoisotopic (exact) mass is 393 g/mol. The Balaban J connectivity index is 2.11. The van der Waals surface area contributed by atoms with Gasteiger partial charge in [-0.3, -0.25) is 4.90 Å². The Bertz CT molecular complexity index is 791. The Morgan fingerprint density at radius 3 is 2.63 bits per heavy atom. The van der Waals surface area contributed by atoms with E-state index in [1.807, 2.05) is 36.6 Å². The van der Waals surface area contributed by atoms with Gasteiger partial charge in [0.15, 0.2) is 0 Å². The number of amides is 1. The molecule has 2 N–H and O–H groups in total. The fourth-order valence-electron chi connectivity index (χ4n) is 2.96. The lowest BCUT2D eigenvalue weighted by Gasteiger charge is -2.27. The predicted molar refractivity (Wildman–Crippen MR) is 102 cm³/mol. The number of halogens is 1. The van der Waals surface area contributed by atoms with E-state index in [-0.39, 0.29) is 18.9 Å². The van der Waals surface area contributed by atoms with Gasteiger partial charge < -0.3 is 14.8 Å². The third-order valence-corrected chi connectivity index (χ3v) is 4.49. The first-order valence-corrected chi connectivity index (χ1v) is 9.11. The number of aliphatic carboxylic acids is 1. The molecule has 0 bridgehead atoms. The number of nitrogens with zero attached hydrogens (tertiary/aromatic N) is 3. The number of benzene rings is 1. The van der Waals surface area contributed by atoms with E-state index in [0.29, 0.717) is 18.0 Å². The van der Waals surface area contributed by atoms with Crippen molar-refractivity contribution in [2.24, 2.45) is 5.92 Å². The van der Waals surface area contributed by atoms with Crippen molar-refractivity contribution in [1.29, 1.82) is 0 Å². The fourth-order valence-corrected chi connectivity index (χ4v) is 3.17. The van der Waals surface area contributed by atoms with Crippen LogP contribution in [0.5, 0.6) is 0 Å². The molecular formula is C19H24ClN3O4. The zero-order valence-electron chi connectivity index (χ0n) is 15.4. The molecule has 0 aliphatic heterocycles. The molecule has 0 saturated carbocycles. The number of hydrogen-bond acceptors (Lipinski definition) is 3. The molecule has 1 aromatic heterocycles. The average Bonchev–Trinajstić information content (AvgIpc) is 3.00. The summed E-state index contributed by atoms with van der Waals surface area (Å²) in [6.45, 7) is 4.38. The van der Waals surface area contributed by atoms with Crippen LogP contribution in [-0.2, 0) is 17.8 Å². The number of rotatable bonds is 9. The maximum atomic E-state index is 11.6. The average molecular weight is 394 g/mol. The minimum absolute atomic E-state index is 0.0707. The van der Waals surface area contributed by atoms with Gasteiger partial charge in [-0.1, -0.05) is 37.6 Å². The van der Waals surface area contributed by atoms with Gasteiger partial charge in [0.2, 0.25) is 0 Å². The van der Waals surface area contributed by atoms with Crippen LogP contribution in [0.3, 0.4) is 0 Å². The topological polar surface area (TPSA) is 95.7 Å². The van der Waals surface area contributed by atoms with Crippen molar-refractivity contribution in [3.05, 3.63) is 53.1 Å². The van der Waals surface area contributed by atoms with Crippen molar-refractivity contribution >= 4 is 23.7 Å². The van der Waals surface area contributed by atoms with Crippen LogP contribution < -0.4 is 0 Å². The van der Waals surface area contributed by atoms with Gasteiger partial charge in [0.1, 0.15) is 6.04 Å². The van der Waals surface area contributed by atoms with Crippen LogP contribution in [0.1, 0.15) is 31.5 Å². The molecule has 1 atom stereocenters. The number of carboxylic acids is 1. The second-order valence-electron chi connectivity index (χ2n) is 6.85. The highest BCUT2D eigenvalue weighted by molar-refractivity contribution is 6.30. The summed E-state index contributed by atoms with van der Waals surface area (Å²) in [5.74, 6) is -1.06. The van der Waals surface area contributed by atoms with Crippen molar-refractivity contribution in [3.8, 4) is 0 Å². The van der Waals surface area contributed by atoms with Crippen molar-refractivity contribution < 1.29 is 19.8 Å². The summed E-state index contributed by atoms with van der Waals surface area (Å²) in [5.41, 5.74) is 1.83. The summed E-state index contributed by atoms with van der Waals surface area (Å²) in [7, 11) is 0. The highest BCUT2D eigenvalue weighted by atomic mass is 35.5. The highest BCUT2D eigenvalue weighted by Crippen LogP contribution is 2.16.